The predicted octanol–water partition coefficient (Wildman–Crippen LogP) is -0.115. The fraction of sp³-hybridized carbons (Fsp3) is 0.600. The summed E-state index contributed by atoms with van der Waals surface area (Å²) in [4.78, 5) is 21.1. The van der Waals surface area contributed by atoms with Crippen LogP contribution in [0.5, 0.6) is 0 Å². The van der Waals surface area contributed by atoms with Crippen molar-refractivity contribution >= 4 is 11.9 Å². The number of amides is 1. The maximum atomic E-state index is 11.0. The molecule has 0 saturated heterocycles. The molecule has 1 saturated carbocycles. The molecule has 0 bridgehead atoms. The van der Waals surface area contributed by atoms with E-state index in [9.17, 15) is 9.59 Å². The lowest BCUT2D eigenvalue weighted by Gasteiger charge is -2.03. The Morgan fingerprint density at radius 1 is 1.27 bits per heavy atom. The highest BCUT2D eigenvalue weighted by Gasteiger charge is 2.19. The molecule has 5 nitrogen and oxygen atoms in total. The quantitative estimate of drug-likeness (QED) is 0.406. The van der Waals surface area contributed by atoms with E-state index in [1.54, 1.807) is 0 Å². The molecule has 0 aliphatic heterocycles. The molecule has 1 aliphatic rings. The van der Waals surface area contributed by atoms with E-state index in [2.05, 4.69) is 10.6 Å². The van der Waals surface area contributed by atoms with Gasteiger partial charge in [-0.1, -0.05) is 0 Å². The smallest absolute Gasteiger partial charge is 0.328 e. The van der Waals surface area contributed by atoms with Gasteiger partial charge in [0.2, 0.25) is 5.91 Å². The second-order valence-electron chi connectivity index (χ2n) is 3.54. The molecule has 0 spiro atoms. The molecule has 1 rings (SSSR count). The van der Waals surface area contributed by atoms with E-state index >= 15 is 0 Å². The molecule has 1 fully saturated rings. The summed E-state index contributed by atoms with van der Waals surface area (Å²) in [5.74, 6) is -1.47. The van der Waals surface area contributed by atoms with E-state index < -0.39 is 5.97 Å². The second-order valence-corrected chi connectivity index (χ2v) is 3.54. The molecule has 0 unspecified atom stereocenters. The Balaban J connectivity index is 1.93. The highest BCUT2D eigenvalue weighted by atomic mass is 16.4. The number of carbonyl (C=O) groups is 2. The highest BCUT2D eigenvalue weighted by molar-refractivity contribution is 5.93. The number of hydrogen-bond donors (Lipinski definition) is 3. The zero-order valence-corrected chi connectivity index (χ0v) is 8.53. The van der Waals surface area contributed by atoms with E-state index in [-0.39, 0.29) is 5.91 Å². The zero-order chi connectivity index (χ0) is 11.1. The number of rotatable bonds is 7. The third kappa shape index (κ3) is 6.68. The van der Waals surface area contributed by atoms with Crippen LogP contribution in [0.15, 0.2) is 12.2 Å². The van der Waals surface area contributed by atoms with E-state index in [1.165, 1.54) is 12.8 Å². The van der Waals surface area contributed by atoms with Gasteiger partial charge in [0, 0.05) is 24.7 Å². The van der Waals surface area contributed by atoms with Crippen molar-refractivity contribution < 1.29 is 14.7 Å². The van der Waals surface area contributed by atoms with Gasteiger partial charge in [0.15, 0.2) is 0 Å². The third-order valence-electron chi connectivity index (χ3n) is 2.04. The fourth-order valence-electron chi connectivity index (χ4n) is 1.10. The summed E-state index contributed by atoms with van der Waals surface area (Å²) in [5, 5.41) is 14.2. The fourth-order valence-corrected chi connectivity index (χ4v) is 1.10. The average molecular weight is 212 g/mol. The van der Waals surface area contributed by atoms with Gasteiger partial charge in [-0.15, -0.1) is 0 Å². The molecule has 15 heavy (non-hydrogen) atoms. The van der Waals surface area contributed by atoms with Gasteiger partial charge in [0.05, 0.1) is 0 Å². The van der Waals surface area contributed by atoms with E-state index in [4.69, 9.17) is 5.11 Å². The number of carboxylic acid groups (broad SMARTS) is 1. The minimum absolute atomic E-state index is 0.358. The summed E-state index contributed by atoms with van der Waals surface area (Å²) < 4.78 is 0. The molecule has 1 amide bonds. The van der Waals surface area contributed by atoms with Gasteiger partial charge in [-0.2, -0.15) is 0 Å². The molecule has 0 radical (unpaired) electrons. The van der Waals surface area contributed by atoms with Crippen molar-refractivity contribution in [1.82, 2.24) is 10.6 Å². The Morgan fingerprint density at radius 3 is 2.60 bits per heavy atom. The Labute approximate surface area is 88.5 Å². The first-order valence-electron chi connectivity index (χ1n) is 5.10. The first-order chi connectivity index (χ1) is 7.18. The molecule has 1 aliphatic carbocycles. The van der Waals surface area contributed by atoms with Crippen LogP contribution in [-0.2, 0) is 9.59 Å². The molecule has 0 aromatic heterocycles. The summed E-state index contributed by atoms with van der Waals surface area (Å²) in [6, 6.07) is 0.688. The number of nitrogens with one attached hydrogen (secondary N) is 2. The van der Waals surface area contributed by atoms with Crippen LogP contribution in [0, 0.1) is 0 Å². The van der Waals surface area contributed by atoms with Gasteiger partial charge in [-0.3, -0.25) is 4.79 Å². The molecule has 0 heterocycles. The van der Waals surface area contributed by atoms with E-state index in [0.29, 0.717) is 12.6 Å². The van der Waals surface area contributed by atoms with Gasteiger partial charge < -0.3 is 15.7 Å². The topological polar surface area (TPSA) is 78.4 Å². The molecule has 84 valence electrons. The lowest BCUT2D eigenvalue weighted by Crippen LogP contribution is -2.26. The number of aliphatic carboxylic acids is 1. The Hall–Kier alpha value is -1.36. The second kappa shape index (κ2) is 6.19. The minimum Gasteiger partial charge on any atom is -0.478 e. The standard InChI is InChI=1S/C10H16N2O3/c13-9(4-5-10(14)15)12-7-1-6-11-8-2-3-8/h4-5,8,11H,1-3,6-7H2,(H,12,13)(H,14,15). The van der Waals surface area contributed by atoms with Crippen molar-refractivity contribution in [1.29, 1.82) is 0 Å². The van der Waals surface area contributed by atoms with Crippen molar-refractivity contribution in [2.24, 2.45) is 0 Å². The van der Waals surface area contributed by atoms with Crippen LogP contribution in [0.3, 0.4) is 0 Å². The largest absolute Gasteiger partial charge is 0.478 e. The van der Waals surface area contributed by atoms with Gasteiger partial charge in [-0.25, -0.2) is 4.79 Å². The molecule has 3 N–H and O–H groups in total. The van der Waals surface area contributed by atoms with Gasteiger partial charge in [0.25, 0.3) is 0 Å². The molecular weight excluding hydrogens is 196 g/mol. The van der Waals surface area contributed by atoms with Crippen molar-refractivity contribution in [3.8, 4) is 0 Å². The maximum Gasteiger partial charge on any atom is 0.328 e. The van der Waals surface area contributed by atoms with Crippen molar-refractivity contribution in [3.63, 3.8) is 0 Å². The van der Waals surface area contributed by atoms with Crippen molar-refractivity contribution in [2.75, 3.05) is 13.1 Å². The first kappa shape index (κ1) is 11.7. The molecule has 0 aromatic rings. The first-order valence-corrected chi connectivity index (χ1v) is 5.10. The summed E-state index contributed by atoms with van der Waals surface area (Å²) in [5.41, 5.74) is 0. The average Bonchev–Trinajstić information content (AvgIpc) is 2.98. The number of carboxylic acids is 1. The van der Waals surface area contributed by atoms with E-state index in [1.807, 2.05) is 0 Å². The van der Waals surface area contributed by atoms with Crippen molar-refractivity contribution in [2.45, 2.75) is 25.3 Å². The summed E-state index contributed by atoms with van der Waals surface area (Å²) in [6.45, 7) is 1.47. The Kier molecular flexibility index (Phi) is 4.83. The van der Waals surface area contributed by atoms with Gasteiger partial charge in [-0.05, 0) is 25.8 Å². The van der Waals surface area contributed by atoms with Crippen LogP contribution in [0.1, 0.15) is 19.3 Å². The summed E-state index contributed by atoms with van der Waals surface area (Å²) in [6.07, 6.45) is 5.24. The van der Waals surface area contributed by atoms with Gasteiger partial charge in [0.1, 0.15) is 0 Å². The summed E-state index contributed by atoms with van der Waals surface area (Å²) >= 11 is 0. The van der Waals surface area contributed by atoms with Crippen LogP contribution in [0.4, 0.5) is 0 Å². The highest BCUT2D eigenvalue weighted by Crippen LogP contribution is 2.18. The lowest BCUT2D eigenvalue weighted by atomic mass is 10.4. The Morgan fingerprint density at radius 2 is 2.00 bits per heavy atom. The molecule has 0 atom stereocenters. The van der Waals surface area contributed by atoms with Gasteiger partial charge >= 0.3 is 5.97 Å². The molecule has 0 aromatic carbocycles. The van der Waals surface area contributed by atoms with Crippen LogP contribution in [0.25, 0.3) is 0 Å². The summed E-state index contributed by atoms with van der Waals surface area (Å²) in [7, 11) is 0. The lowest BCUT2D eigenvalue weighted by molar-refractivity contribution is -0.131. The van der Waals surface area contributed by atoms with Crippen LogP contribution in [0.2, 0.25) is 0 Å². The Bertz CT molecular complexity index is 259. The predicted molar refractivity (Wildman–Crippen MR) is 55.4 cm³/mol. The maximum absolute atomic E-state index is 11.0. The number of hydrogen-bond acceptors (Lipinski definition) is 3. The monoisotopic (exact) mass is 212 g/mol. The van der Waals surface area contributed by atoms with Crippen molar-refractivity contribution in [3.05, 3.63) is 12.2 Å². The normalized spacial score (nSPS) is 15.5. The van der Waals surface area contributed by atoms with Crippen LogP contribution in [-0.4, -0.2) is 36.1 Å². The van der Waals surface area contributed by atoms with Crippen LogP contribution >= 0.6 is 0 Å². The molecule has 5 heteroatoms. The third-order valence-corrected chi connectivity index (χ3v) is 2.04. The molecular formula is C10H16N2O3. The minimum atomic E-state index is -1.11. The zero-order valence-electron chi connectivity index (χ0n) is 8.53. The SMILES string of the molecule is O=C(O)C=CC(=O)NCCCNC1CC1. The van der Waals surface area contributed by atoms with E-state index in [0.717, 1.165) is 25.1 Å². The van der Waals surface area contributed by atoms with Crippen LogP contribution < -0.4 is 10.6 Å². The number of carbonyl (C=O) groups excluding carboxylic acids is 1.